The first-order valence-electron chi connectivity index (χ1n) is 5.85. The molecule has 0 rings (SSSR count). The zero-order valence-corrected chi connectivity index (χ0v) is 10.8. The van der Waals surface area contributed by atoms with E-state index in [1.165, 1.54) is 4.90 Å². The highest BCUT2D eigenvalue weighted by atomic mass is 16.4. The zero-order chi connectivity index (χ0) is 14.3. The third kappa shape index (κ3) is 5.03. The summed E-state index contributed by atoms with van der Waals surface area (Å²) in [5, 5.41) is 19.6. The SMILES string of the molecule is CCC(C)N(CC)C(=O)N[C@H](CC(=O)O)C(=O)O. The maximum absolute atomic E-state index is 11.8. The van der Waals surface area contributed by atoms with Crippen molar-refractivity contribution in [1.82, 2.24) is 10.2 Å². The van der Waals surface area contributed by atoms with Gasteiger partial charge in [0.15, 0.2) is 0 Å². The van der Waals surface area contributed by atoms with Gasteiger partial charge in [-0.3, -0.25) is 4.79 Å². The standard InChI is InChI=1S/C11H20N2O5/c1-4-7(3)13(5-2)11(18)12-8(10(16)17)6-9(14)15/h7-8H,4-6H2,1-3H3,(H,12,18)(H,14,15)(H,16,17)/t7?,8-/m1/s1. The van der Waals surface area contributed by atoms with Crippen LogP contribution in [0.2, 0.25) is 0 Å². The molecule has 0 spiro atoms. The van der Waals surface area contributed by atoms with Crippen LogP contribution >= 0.6 is 0 Å². The highest BCUT2D eigenvalue weighted by Gasteiger charge is 2.26. The molecule has 0 heterocycles. The second kappa shape index (κ2) is 7.52. The molecule has 2 atom stereocenters. The summed E-state index contributed by atoms with van der Waals surface area (Å²) in [6, 6.07) is -2.00. The number of hydrogen-bond donors (Lipinski definition) is 3. The van der Waals surface area contributed by atoms with Crippen molar-refractivity contribution in [1.29, 1.82) is 0 Å². The van der Waals surface area contributed by atoms with Gasteiger partial charge in [0.05, 0.1) is 6.42 Å². The number of carboxylic acids is 2. The summed E-state index contributed by atoms with van der Waals surface area (Å²) in [6.45, 7) is 5.96. The Balaban J connectivity index is 4.66. The van der Waals surface area contributed by atoms with E-state index in [0.717, 1.165) is 6.42 Å². The lowest BCUT2D eigenvalue weighted by molar-refractivity contribution is -0.145. The largest absolute Gasteiger partial charge is 0.481 e. The van der Waals surface area contributed by atoms with Crippen LogP contribution in [-0.4, -0.2) is 51.7 Å². The average molecular weight is 260 g/mol. The van der Waals surface area contributed by atoms with Crippen molar-refractivity contribution in [2.75, 3.05) is 6.54 Å². The highest BCUT2D eigenvalue weighted by Crippen LogP contribution is 2.04. The van der Waals surface area contributed by atoms with Crippen LogP contribution in [0.15, 0.2) is 0 Å². The number of amides is 2. The monoisotopic (exact) mass is 260 g/mol. The van der Waals surface area contributed by atoms with Crippen LogP contribution in [0.5, 0.6) is 0 Å². The van der Waals surface area contributed by atoms with Gasteiger partial charge in [-0.2, -0.15) is 0 Å². The number of rotatable bonds is 7. The topological polar surface area (TPSA) is 107 Å². The van der Waals surface area contributed by atoms with Crippen molar-refractivity contribution in [3.05, 3.63) is 0 Å². The van der Waals surface area contributed by atoms with Crippen molar-refractivity contribution in [3.8, 4) is 0 Å². The molecule has 0 aromatic rings. The predicted octanol–water partition coefficient (Wildman–Crippen LogP) is 0.744. The van der Waals surface area contributed by atoms with E-state index in [9.17, 15) is 14.4 Å². The van der Waals surface area contributed by atoms with E-state index in [0.29, 0.717) is 6.54 Å². The molecule has 0 saturated carbocycles. The van der Waals surface area contributed by atoms with Gasteiger partial charge >= 0.3 is 18.0 Å². The normalized spacial score (nSPS) is 13.5. The van der Waals surface area contributed by atoms with Crippen LogP contribution in [0, 0.1) is 0 Å². The number of nitrogens with one attached hydrogen (secondary N) is 1. The Morgan fingerprint density at radius 2 is 1.78 bits per heavy atom. The molecule has 0 saturated heterocycles. The van der Waals surface area contributed by atoms with Crippen molar-refractivity contribution in [2.24, 2.45) is 0 Å². The van der Waals surface area contributed by atoms with Gasteiger partial charge in [-0.05, 0) is 20.3 Å². The molecular weight excluding hydrogens is 240 g/mol. The second-order valence-corrected chi connectivity index (χ2v) is 3.98. The van der Waals surface area contributed by atoms with Gasteiger partial charge in [0, 0.05) is 12.6 Å². The molecule has 0 aromatic carbocycles. The van der Waals surface area contributed by atoms with Crippen LogP contribution in [0.3, 0.4) is 0 Å². The van der Waals surface area contributed by atoms with Crippen molar-refractivity contribution in [3.63, 3.8) is 0 Å². The summed E-state index contributed by atoms with van der Waals surface area (Å²) in [5.74, 6) is -2.62. The Hall–Kier alpha value is -1.79. The molecule has 0 radical (unpaired) electrons. The number of carboxylic acid groups (broad SMARTS) is 2. The molecule has 18 heavy (non-hydrogen) atoms. The number of aliphatic carboxylic acids is 2. The first kappa shape index (κ1) is 16.2. The number of hydrogen-bond acceptors (Lipinski definition) is 3. The van der Waals surface area contributed by atoms with Crippen LogP contribution in [0.1, 0.15) is 33.6 Å². The van der Waals surface area contributed by atoms with Gasteiger partial charge in [0.2, 0.25) is 0 Å². The van der Waals surface area contributed by atoms with Gasteiger partial charge in [0.1, 0.15) is 6.04 Å². The van der Waals surface area contributed by atoms with E-state index < -0.39 is 30.4 Å². The van der Waals surface area contributed by atoms with Gasteiger partial charge < -0.3 is 20.4 Å². The maximum atomic E-state index is 11.8. The molecule has 2 amide bonds. The first-order chi connectivity index (χ1) is 8.33. The van der Waals surface area contributed by atoms with Gasteiger partial charge in [-0.15, -0.1) is 0 Å². The summed E-state index contributed by atoms with van der Waals surface area (Å²) in [5.41, 5.74) is 0. The third-order valence-corrected chi connectivity index (χ3v) is 2.70. The van der Waals surface area contributed by atoms with E-state index >= 15 is 0 Å². The van der Waals surface area contributed by atoms with Crippen LogP contribution in [-0.2, 0) is 9.59 Å². The molecule has 0 aliphatic carbocycles. The number of urea groups is 1. The summed E-state index contributed by atoms with van der Waals surface area (Å²) >= 11 is 0. The number of carbonyl (C=O) groups is 3. The van der Waals surface area contributed by atoms with Gasteiger partial charge in [-0.25, -0.2) is 9.59 Å². The fraction of sp³-hybridized carbons (Fsp3) is 0.727. The number of carbonyl (C=O) groups excluding carboxylic acids is 1. The van der Waals surface area contributed by atoms with E-state index in [-0.39, 0.29) is 6.04 Å². The fourth-order valence-corrected chi connectivity index (χ4v) is 1.48. The Morgan fingerprint density at radius 3 is 2.11 bits per heavy atom. The zero-order valence-electron chi connectivity index (χ0n) is 10.8. The van der Waals surface area contributed by atoms with Crippen LogP contribution < -0.4 is 5.32 Å². The molecule has 1 unspecified atom stereocenters. The van der Waals surface area contributed by atoms with E-state index in [4.69, 9.17) is 10.2 Å². The minimum Gasteiger partial charge on any atom is -0.481 e. The van der Waals surface area contributed by atoms with Crippen LogP contribution in [0.25, 0.3) is 0 Å². The summed E-state index contributed by atoms with van der Waals surface area (Å²) < 4.78 is 0. The average Bonchev–Trinajstić information content (AvgIpc) is 2.27. The van der Waals surface area contributed by atoms with Crippen molar-refractivity contribution < 1.29 is 24.6 Å². The quantitative estimate of drug-likeness (QED) is 0.626. The summed E-state index contributed by atoms with van der Waals surface area (Å²) in [4.78, 5) is 34.6. The summed E-state index contributed by atoms with van der Waals surface area (Å²) in [7, 11) is 0. The van der Waals surface area contributed by atoms with E-state index in [1.807, 2.05) is 13.8 Å². The Morgan fingerprint density at radius 1 is 1.22 bits per heavy atom. The van der Waals surface area contributed by atoms with Crippen LogP contribution in [0.4, 0.5) is 4.79 Å². The predicted molar refractivity (Wildman–Crippen MR) is 64.3 cm³/mol. The molecule has 0 fully saturated rings. The molecule has 0 bridgehead atoms. The molecule has 0 aromatic heterocycles. The molecule has 0 aliphatic heterocycles. The minimum absolute atomic E-state index is 0.0331. The lowest BCUT2D eigenvalue weighted by Gasteiger charge is -2.28. The lowest BCUT2D eigenvalue weighted by atomic mass is 10.2. The van der Waals surface area contributed by atoms with E-state index in [2.05, 4.69) is 5.32 Å². The van der Waals surface area contributed by atoms with Gasteiger partial charge in [0.25, 0.3) is 0 Å². The molecule has 7 heteroatoms. The lowest BCUT2D eigenvalue weighted by Crippen LogP contribution is -2.51. The van der Waals surface area contributed by atoms with Gasteiger partial charge in [-0.1, -0.05) is 6.92 Å². The first-order valence-corrected chi connectivity index (χ1v) is 5.85. The van der Waals surface area contributed by atoms with E-state index in [1.54, 1.807) is 6.92 Å². The Labute approximate surface area is 106 Å². The minimum atomic E-state index is -1.41. The molecular formula is C11H20N2O5. The second-order valence-electron chi connectivity index (χ2n) is 3.98. The maximum Gasteiger partial charge on any atom is 0.326 e. The third-order valence-electron chi connectivity index (χ3n) is 2.70. The molecule has 0 aliphatic rings. The molecule has 104 valence electrons. The molecule has 3 N–H and O–H groups in total. The van der Waals surface area contributed by atoms with Crippen molar-refractivity contribution >= 4 is 18.0 Å². The summed E-state index contributed by atoms with van der Waals surface area (Å²) in [6.07, 6.45) is 0.0943. The fourth-order valence-electron chi connectivity index (χ4n) is 1.48. The highest BCUT2D eigenvalue weighted by molar-refractivity contribution is 5.86. The Bertz CT molecular complexity index is 319. The smallest absolute Gasteiger partial charge is 0.326 e. The number of nitrogens with zero attached hydrogens (tertiary/aromatic N) is 1. The molecule has 7 nitrogen and oxygen atoms in total. The van der Waals surface area contributed by atoms with Crippen molar-refractivity contribution in [2.45, 2.75) is 45.7 Å². The Kier molecular flexibility index (Phi) is 6.77.